The van der Waals surface area contributed by atoms with E-state index in [1.54, 1.807) is 0 Å². The molecule has 0 saturated heterocycles. The minimum atomic E-state index is -1.16. The lowest BCUT2D eigenvalue weighted by Gasteiger charge is -2.38. The molecule has 1 nitrogen and oxygen atoms in total. The summed E-state index contributed by atoms with van der Waals surface area (Å²) in [7, 11) is -1.16. The summed E-state index contributed by atoms with van der Waals surface area (Å²) in [5.74, 6) is 0.612. The molecule has 1 rings (SSSR count). The minimum absolute atomic E-state index is 0.0841. The van der Waals surface area contributed by atoms with Crippen molar-refractivity contribution in [2.24, 2.45) is 5.92 Å². The largest absolute Gasteiger partial charge is 0.393 e. The molecule has 1 N–H and O–H groups in total. The monoisotopic (exact) mass is 200 g/mol. The van der Waals surface area contributed by atoms with Crippen molar-refractivity contribution in [2.45, 2.75) is 63.9 Å². The van der Waals surface area contributed by atoms with Crippen LogP contribution in [0.3, 0.4) is 0 Å². The van der Waals surface area contributed by atoms with E-state index in [9.17, 15) is 5.11 Å². The highest BCUT2D eigenvalue weighted by Gasteiger charge is 2.54. The zero-order valence-corrected chi connectivity index (χ0v) is 10.9. The van der Waals surface area contributed by atoms with Gasteiger partial charge in [-0.3, -0.25) is 0 Å². The second-order valence-corrected chi connectivity index (χ2v) is 11.9. The predicted octanol–water partition coefficient (Wildman–Crippen LogP) is 3.27. The van der Waals surface area contributed by atoms with Gasteiger partial charge in [-0.2, -0.15) is 0 Å². The molecule has 0 bridgehead atoms. The Bertz CT molecular complexity index is 191. The van der Waals surface area contributed by atoms with Crippen LogP contribution in [-0.2, 0) is 0 Å². The van der Waals surface area contributed by atoms with E-state index in [0.29, 0.717) is 11.0 Å². The van der Waals surface area contributed by atoms with Crippen LogP contribution in [0, 0.1) is 5.92 Å². The molecule has 0 heterocycles. The normalized spacial score (nSPS) is 31.6. The maximum atomic E-state index is 9.51. The Balaban J connectivity index is 2.65. The van der Waals surface area contributed by atoms with Crippen LogP contribution in [0.25, 0.3) is 0 Å². The highest BCUT2D eigenvalue weighted by Crippen LogP contribution is 2.60. The summed E-state index contributed by atoms with van der Waals surface area (Å²) >= 11 is 0. The first-order valence-electron chi connectivity index (χ1n) is 5.36. The third kappa shape index (κ3) is 1.99. The SMILES string of the molecule is C[C@H](O)[C@H]1C[C@@H]1[Si](C)(C)C(C)(C)C. The molecule has 1 aliphatic carbocycles. The summed E-state index contributed by atoms with van der Waals surface area (Å²) in [6.07, 6.45) is 1.19. The van der Waals surface area contributed by atoms with Crippen LogP contribution in [0.1, 0.15) is 34.1 Å². The fraction of sp³-hybridized carbons (Fsp3) is 1.00. The Morgan fingerprint density at radius 1 is 1.31 bits per heavy atom. The maximum Gasteiger partial charge on any atom is 0.0562 e. The van der Waals surface area contributed by atoms with Gasteiger partial charge in [0.15, 0.2) is 0 Å². The van der Waals surface area contributed by atoms with Gasteiger partial charge < -0.3 is 5.11 Å². The highest BCUT2D eigenvalue weighted by atomic mass is 28.3. The topological polar surface area (TPSA) is 20.2 Å². The molecule has 0 radical (unpaired) electrons. The zero-order valence-electron chi connectivity index (χ0n) is 9.89. The number of aliphatic hydroxyl groups is 1. The second-order valence-electron chi connectivity index (χ2n) is 6.22. The van der Waals surface area contributed by atoms with Crippen molar-refractivity contribution >= 4 is 8.07 Å². The lowest BCUT2D eigenvalue weighted by atomic mass is 10.2. The summed E-state index contributed by atoms with van der Waals surface area (Å²) in [5, 5.41) is 9.99. The smallest absolute Gasteiger partial charge is 0.0562 e. The van der Waals surface area contributed by atoms with Crippen molar-refractivity contribution in [1.82, 2.24) is 0 Å². The number of aliphatic hydroxyl groups excluding tert-OH is 1. The molecule has 3 atom stereocenters. The average molecular weight is 200 g/mol. The van der Waals surface area contributed by atoms with Gasteiger partial charge in [-0.1, -0.05) is 33.9 Å². The van der Waals surface area contributed by atoms with Crippen molar-refractivity contribution in [3.8, 4) is 0 Å². The third-order valence-corrected chi connectivity index (χ3v) is 10.7. The Morgan fingerprint density at radius 3 is 2.00 bits per heavy atom. The van der Waals surface area contributed by atoms with Crippen LogP contribution >= 0.6 is 0 Å². The lowest BCUT2D eigenvalue weighted by Crippen LogP contribution is -2.38. The molecule has 1 fully saturated rings. The number of hydrogen-bond acceptors (Lipinski definition) is 1. The first-order valence-corrected chi connectivity index (χ1v) is 8.43. The van der Waals surface area contributed by atoms with Gasteiger partial charge >= 0.3 is 0 Å². The molecule has 0 amide bonds. The van der Waals surface area contributed by atoms with Gasteiger partial charge in [0.1, 0.15) is 0 Å². The van der Waals surface area contributed by atoms with Gasteiger partial charge in [0, 0.05) is 0 Å². The van der Waals surface area contributed by atoms with Crippen molar-refractivity contribution < 1.29 is 5.11 Å². The van der Waals surface area contributed by atoms with Gasteiger partial charge in [-0.15, -0.1) is 0 Å². The standard InChI is InChI=1S/C11H24OSi/c1-8(12)9-7-10(9)13(5,6)11(2,3)4/h8-10,12H,7H2,1-6H3/t8-,9+,10-/m0/s1. The van der Waals surface area contributed by atoms with Crippen LogP contribution in [-0.4, -0.2) is 19.3 Å². The molecule has 2 heteroatoms. The molecule has 0 unspecified atom stereocenters. The molecule has 13 heavy (non-hydrogen) atoms. The van der Waals surface area contributed by atoms with E-state index < -0.39 is 8.07 Å². The van der Waals surface area contributed by atoms with Crippen LogP contribution in [0.5, 0.6) is 0 Å². The van der Waals surface area contributed by atoms with Gasteiger partial charge in [-0.25, -0.2) is 0 Å². The van der Waals surface area contributed by atoms with E-state index in [1.807, 2.05) is 6.92 Å². The fourth-order valence-corrected chi connectivity index (χ4v) is 5.46. The van der Waals surface area contributed by atoms with E-state index in [4.69, 9.17) is 0 Å². The Kier molecular flexibility index (Phi) is 2.68. The number of hydrogen-bond donors (Lipinski definition) is 1. The summed E-state index contributed by atoms with van der Waals surface area (Å²) < 4.78 is 0. The molecule has 0 spiro atoms. The first-order chi connectivity index (χ1) is 5.68. The van der Waals surface area contributed by atoms with Crippen LogP contribution < -0.4 is 0 Å². The molecular weight excluding hydrogens is 176 g/mol. The summed E-state index contributed by atoms with van der Waals surface area (Å²) in [6, 6.07) is 0. The maximum absolute atomic E-state index is 9.51. The fourth-order valence-electron chi connectivity index (χ4n) is 2.13. The molecular formula is C11H24OSi. The summed E-state index contributed by atoms with van der Waals surface area (Å²) in [5.41, 5.74) is 0.854. The Labute approximate surface area is 83.6 Å². The molecule has 1 aliphatic rings. The molecule has 1 saturated carbocycles. The Morgan fingerprint density at radius 2 is 1.77 bits per heavy atom. The summed E-state index contributed by atoms with van der Waals surface area (Å²) in [4.78, 5) is 0. The van der Waals surface area contributed by atoms with Gasteiger partial charge in [-0.05, 0) is 29.8 Å². The molecule has 78 valence electrons. The zero-order chi connectivity index (χ0) is 10.4. The van der Waals surface area contributed by atoms with Gasteiger partial charge in [0.05, 0.1) is 14.2 Å². The molecule has 0 aliphatic heterocycles. The van der Waals surface area contributed by atoms with Crippen molar-refractivity contribution in [2.75, 3.05) is 0 Å². The molecule has 0 aromatic heterocycles. The first kappa shape index (κ1) is 11.3. The Hall–Kier alpha value is 0.177. The van der Waals surface area contributed by atoms with Crippen molar-refractivity contribution in [1.29, 1.82) is 0 Å². The second kappa shape index (κ2) is 3.09. The van der Waals surface area contributed by atoms with Crippen LogP contribution in [0.15, 0.2) is 0 Å². The van der Waals surface area contributed by atoms with E-state index in [-0.39, 0.29) is 6.10 Å². The van der Waals surface area contributed by atoms with Crippen LogP contribution in [0.4, 0.5) is 0 Å². The highest BCUT2D eigenvalue weighted by molar-refractivity contribution is 6.82. The van der Waals surface area contributed by atoms with Gasteiger partial charge in [0.25, 0.3) is 0 Å². The van der Waals surface area contributed by atoms with E-state index >= 15 is 0 Å². The lowest BCUT2D eigenvalue weighted by molar-refractivity contribution is 0.171. The van der Waals surface area contributed by atoms with Crippen molar-refractivity contribution in [3.63, 3.8) is 0 Å². The summed E-state index contributed by atoms with van der Waals surface area (Å²) in [6.45, 7) is 14.0. The quantitative estimate of drug-likeness (QED) is 0.678. The van der Waals surface area contributed by atoms with E-state index in [2.05, 4.69) is 33.9 Å². The third-order valence-electron chi connectivity index (χ3n) is 4.32. The van der Waals surface area contributed by atoms with Gasteiger partial charge in [0.2, 0.25) is 0 Å². The molecule has 0 aromatic rings. The van der Waals surface area contributed by atoms with E-state index in [1.165, 1.54) is 6.42 Å². The average Bonchev–Trinajstić information content (AvgIpc) is 2.60. The minimum Gasteiger partial charge on any atom is -0.393 e. The predicted molar refractivity (Wildman–Crippen MR) is 60.7 cm³/mol. The van der Waals surface area contributed by atoms with Crippen molar-refractivity contribution in [3.05, 3.63) is 0 Å². The van der Waals surface area contributed by atoms with E-state index in [0.717, 1.165) is 5.54 Å². The number of rotatable bonds is 2. The van der Waals surface area contributed by atoms with Crippen LogP contribution in [0.2, 0.25) is 23.7 Å². The molecule has 0 aromatic carbocycles.